The highest BCUT2D eigenvalue weighted by molar-refractivity contribution is 7.92. The summed E-state index contributed by atoms with van der Waals surface area (Å²) < 4.78 is 27.7. The van der Waals surface area contributed by atoms with E-state index in [0.717, 1.165) is 38.8 Å². The summed E-state index contributed by atoms with van der Waals surface area (Å²) in [7, 11) is -3.94. The molecule has 1 N–H and O–H groups in total. The number of nitrogens with one attached hydrogen (secondary N) is 1. The fourth-order valence-corrected chi connectivity index (χ4v) is 5.59. The van der Waals surface area contributed by atoms with Gasteiger partial charge in [0.25, 0.3) is 15.7 Å². The largest absolute Gasteiger partial charge is 0.378 e. The van der Waals surface area contributed by atoms with Crippen LogP contribution in [0.4, 0.5) is 17.1 Å². The highest BCUT2D eigenvalue weighted by Gasteiger charge is 2.27. The van der Waals surface area contributed by atoms with E-state index in [-0.39, 0.29) is 23.2 Å². The topological polar surface area (TPSA) is 99.0 Å². The maximum absolute atomic E-state index is 13.2. The SMILES string of the molecule is CCN1CCN(C(C)CNc2ccc(S(=O)(=O)N(CC)c3ccccc3)cc2[N+](=O)[O-])CC1. The van der Waals surface area contributed by atoms with Crippen LogP contribution in [0.5, 0.6) is 0 Å². The van der Waals surface area contributed by atoms with Crippen LogP contribution in [0.15, 0.2) is 53.4 Å². The van der Waals surface area contributed by atoms with Gasteiger partial charge >= 0.3 is 0 Å². The van der Waals surface area contributed by atoms with Gasteiger partial charge in [0.15, 0.2) is 0 Å². The second kappa shape index (κ2) is 11.0. The summed E-state index contributed by atoms with van der Waals surface area (Å²) in [5.74, 6) is 0. The summed E-state index contributed by atoms with van der Waals surface area (Å²) >= 11 is 0. The van der Waals surface area contributed by atoms with Crippen LogP contribution < -0.4 is 9.62 Å². The Morgan fingerprint density at radius 2 is 1.76 bits per heavy atom. The second-order valence-electron chi connectivity index (χ2n) is 8.14. The standard InChI is InChI=1S/C23H33N5O4S/c1-4-25-13-15-26(16-14-25)19(3)18-24-22-12-11-21(17-23(22)28(29)30)33(31,32)27(5-2)20-9-7-6-8-10-20/h6-12,17,19,24H,4-5,13-16,18H2,1-3H3. The number of nitro benzene ring substituents is 1. The van der Waals surface area contributed by atoms with Gasteiger partial charge in [0.1, 0.15) is 5.69 Å². The zero-order valence-corrected chi connectivity index (χ0v) is 20.3. The lowest BCUT2D eigenvalue weighted by Gasteiger charge is -2.37. The van der Waals surface area contributed by atoms with Gasteiger partial charge < -0.3 is 10.2 Å². The average Bonchev–Trinajstić information content (AvgIpc) is 2.83. The Morgan fingerprint density at radius 3 is 2.33 bits per heavy atom. The van der Waals surface area contributed by atoms with Crippen LogP contribution in [0.2, 0.25) is 0 Å². The van der Waals surface area contributed by atoms with Crippen molar-refractivity contribution in [3.05, 3.63) is 58.6 Å². The maximum atomic E-state index is 13.2. The Labute approximate surface area is 196 Å². The van der Waals surface area contributed by atoms with Gasteiger partial charge in [0.05, 0.1) is 15.5 Å². The smallest absolute Gasteiger partial charge is 0.293 e. The van der Waals surface area contributed by atoms with Crippen molar-refractivity contribution in [2.45, 2.75) is 31.7 Å². The number of piperazine rings is 1. The lowest BCUT2D eigenvalue weighted by molar-refractivity contribution is -0.384. The van der Waals surface area contributed by atoms with Crippen molar-refractivity contribution in [3.8, 4) is 0 Å². The summed E-state index contributed by atoms with van der Waals surface area (Å²) in [5, 5.41) is 14.9. The number of para-hydroxylation sites is 1. The van der Waals surface area contributed by atoms with Crippen molar-refractivity contribution in [2.75, 3.05) is 55.4 Å². The monoisotopic (exact) mass is 475 g/mol. The zero-order valence-electron chi connectivity index (χ0n) is 19.5. The van der Waals surface area contributed by atoms with Crippen molar-refractivity contribution >= 4 is 27.1 Å². The first-order chi connectivity index (χ1) is 15.8. The Kier molecular flexibility index (Phi) is 8.28. The number of anilines is 2. The third-order valence-electron chi connectivity index (χ3n) is 6.15. The van der Waals surface area contributed by atoms with E-state index in [0.29, 0.717) is 17.9 Å². The summed E-state index contributed by atoms with van der Waals surface area (Å²) in [6.07, 6.45) is 0. The molecule has 0 amide bonds. The molecule has 0 radical (unpaired) electrons. The van der Waals surface area contributed by atoms with Crippen molar-refractivity contribution in [1.82, 2.24) is 9.80 Å². The van der Waals surface area contributed by atoms with Crippen LogP contribution in [0.3, 0.4) is 0 Å². The van der Waals surface area contributed by atoms with Crippen LogP contribution in [0, 0.1) is 10.1 Å². The molecule has 1 fully saturated rings. The molecule has 1 aliphatic rings. The van der Waals surface area contributed by atoms with Gasteiger partial charge in [0, 0.05) is 51.4 Å². The number of nitrogens with zero attached hydrogens (tertiary/aromatic N) is 4. The Bertz CT molecular complexity index is 1040. The molecule has 1 atom stereocenters. The number of sulfonamides is 1. The summed E-state index contributed by atoms with van der Waals surface area (Å²) in [5.41, 5.74) is 0.589. The van der Waals surface area contributed by atoms with Gasteiger partial charge in [0.2, 0.25) is 0 Å². The van der Waals surface area contributed by atoms with Gasteiger partial charge in [-0.1, -0.05) is 25.1 Å². The normalized spacial score (nSPS) is 16.3. The average molecular weight is 476 g/mol. The third-order valence-corrected chi connectivity index (χ3v) is 8.05. The Hall–Kier alpha value is -2.69. The van der Waals surface area contributed by atoms with Crippen molar-refractivity contribution in [2.24, 2.45) is 0 Å². The summed E-state index contributed by atoms with van der Waals surface area (Å²) in [6.45, 7) is 11.7. The molecule has 1 saturated heterocycles. The predicted molar refractivity (Wildman–Crippen MR) is 131 cm³/mol. The molecule has 0 spiro atoms. The quantitative estimate of drug-likeness (QED) is 0.416. The van der Waals surface area contributed by atoms with Crippen LogP contribution in [0.25, 0.3) is 0 Å². The number of hydrogen-bond acceptors (Lipinski definition) is 7. The number of likely N-dealkylation sites (N-methyl/N-ethyl adjacent to an activating group) is 1. The van der Waals surface area contributed by atoms with Crippen molar-refractivity contribution < 1.29 is 13.3 Å². The third kappa shape index (κ3) is 5.82. The van der Waals surface area contributed by atoms with E-state index >= 15 is 0 Å². The Balaban J connectivity index is 1.77. The highest BCUT2D eigenvalue weighted by atomic mass is 32.2. The van der Waals surface area contributed by atoms with Gasteiger partial charge in [-0.3, -0.25) is 19.3 Å². The fraction of sp³-hybridized carbons (Fsp3) is 0.478. The minimum Gasteiger partial charge on any atom is -0.378 e. The summed E-state index contributed by atoms with van der Waals surface area (Å²) in [4.78, 5) is 15.9. The molecule has 0 saturated carbocycles. The number of benzene rings is 2. The highest BCUT2D eigenvalue weighted by Crippen LogP contribution is 2.31. The lowest BCUT2D eigenvalue weighted by atomic mass is 10.2. The molecule has 33 heavy (non-hydrogen) atoms. The van der Waals surface area contributed by atoms with E-state index in [2.05, 4.69) is 29.0 Å². The number of hydrogen-bond donors (Lipinski definition) is 1. The zero-order chi connectivity index (χ0) is 24.0. The molecule has 1 heterocycles. The molecule has 1 unspecified atom stereocenters. The molecule has 0 bridgehead atoms. The first-order valence-electron chi connectivity index (χ1n) is 11.3. The molecule has 2 aromatic rings. The molecule has 3 rings (SSSR count). The first-order valence-corrected chi connectivity index (χ1v) is 12.8. The molecule has 0 aromatic heterocycles. The van der Waals surface area contributed by atoms with E-state index in [1.165, 1.54) is 16.4 Å². The van der Waals surface area contributed by atoms with E-state index in [9.17, 15) is 18.5 Å². The molecule has 10 heteroatoms. The molecular formula is C23H33N5O4S. The van der Waals surface area contributed by atoms with Gasteiger partial charge in [-0.05, 0) is 44.7 Å². The van der Waals surface area contributed by atoms with Crippen LogP contribution in [-0.2, 0) is 10.0 Å². The van der Waals surface area contributed by atoms with Gasteiger partial charge in [-0.2, -0.15) is 0 Å². The van der Waals surface area contributed by atoms with Crippen molar-refractivity contribution in [1.29, 1.82) is 0 Å². The molecular weight excluding hydrogens is 442 g/mol. The lowest BCUT2D eigenvalue weighted by Crippen LogP contribution is -2.51. The Morgan fingerprint density at radius 1 is 1.09 bits per heavy atom. The molecule has 1 aliphatic heterocycles. The minimum absolute atomic E-state index is 0.103. The molecule has 0 aliphatic carbocycles. The van der Waals surface area contributed by atoms with E-state index < -0.39 is 14.9 Å². The molecule has 9 nitrogen and oxygen atoms in total. The van der Waals surface area contributed by atoms with Crippen LogP contribution in [-0.4, -0.2) is 75.0 Å². The first kappa shape index (κ1) is 24.9. The predicted octanol–water partition coefficient (Wildman–Crippen LogP) is 3.25. The minimum atomic E-state index is -3.94. The van der Waals surface area contributed by atoms with Crippen molar-refractivity contribution in [3.63, 3.8) is 0 Å². The maximum Gasteiger partial charge on any atom is 0.293 e. The van der Waals surface area contributed by atoms with E-state index in [1.54, 1.807) is 37.3 Å². The van der Waals surface area contributed by atoms with Gasteiger partial charge in [-0.25, -0.2) is 8.42 Å². The number of nitro groups is 1. The van der Waals surface area contributed by atoms with E-state index in [1.807, 2.05) is 0 Å². The number of rotatable bonds is 10. The molecule has 2 aromatic carbocycles. The van der Waals surface area contributed by atoms with E-state index in [4.69, 9.17) is 0 Å². The van der Waals surface area contributed by atoms with Crippen LogP contribution in [0.1, 0.15) is 20.8 Å². The second-order valence-corrected chi connectivity index (χ2v) is 10.0. The molecule has 180 valence electrons. The fourth-order valence-electron chi connectivity index (χ4n) is 4.09. The summed E-state index contributed by atoms with van der Waals surface area (Å²) in [6, 6.07) is 13.0. The van der Waals surface area contributed by atoms with Crippen LogP contribution >= 0.6 is 0 Å². The van der Waals surface area contributed by atoms with Gasteiger partial charge in [-0.15, -0.1) is 0 Å².